The molecule has 2 aromatic heterocycles. The lowest BCUT2D eigenvalue weighted by Crippen LogP contribution is -2.24. The molecule has 0 aliphatic carbocycles. The minimum atomic E-state index is -0.235. The number of anilines is 1. The van der Waals surface area contributed by atoms with E-state index < -0.39 is 0 Å². The number of amides is 2. The van der Waals surface area contributed by atoms with Crippen LogP contribution in [0.5, 0.6) is 0 Å². The van der Waals surface area contributed by atoms with E-state index in [1.54, 1.807) is 12.4 Å². The van der Waals surface area contributed by atoms with Crippen molar-refractivity contribution in [2.45, 2.75) is 39.2 Å². The average molecular weight is 333 g/mol. The summed E-state index contributed by atoms with van der Waals surface area (Å²) in [7, 11) is 0. The summed E-state index contributed by atoms with van der Waals surface area (Å²) in [5.41, 5.74) is 0.919. The summed E-state index contributed by atoms with van der Waals surface area (Å²) in [5.74, 6) is -0.409. The molecule has 0 aromatic carbocycles. The minimum absolute atomic E-state index is 0.113. The SMILES string of the molecule is CCCc1nnc(NC(=O)CCC(=O)NCc2cccnc2)s1. The Bertz CT molecular complexity index is 644. The zero-order chi connectivity index (χ0) is 16.5. The molecule has 23 heavy (non-hydrogen) atoms. The van der Waals surface area contributed by atoms with Crippen LogP contribution < -0.4 is 10.6 Å². The molecule has 0 fully saturated rings. The van der Waals surface area contributed by atoms with Crippen LogP contribution in [-0.2, 0) is 22.6 Å². The van der Waals surface area contributed by atoms with Gasteiger partial charge in [-0.25, -0.2) is 0 Å². The molecule has 2 rings (SSSR count). The second-order valence-electron chi connectivity index (χ2n) is 4.94. The van der Waals surface area contributed by atoms with E-state index in [1.807, 2.05) is 12.1 Å². The summed E-state index contributed by atoms with van der Waals surface area (Å²) in [5, 5.41) is 14.7. The molecule has 0 spiro atoms. The Morgan fingerprint density at radius 2 is 2.04 bits per heavy atom. The van der Waals surface area contributed by atoms with Crippen molar-refractivity contribution in [1.82, 2.24) is 20.5 Å². The van der Waals surface area contributed by atoms with Crippen LogP contribution in [0.3, 0.4) is 0 Å². The van der Waals surface area contributed by atoms with Crippen molar-refractivity contribution in [1.29, 1.82) is 0 Å². The summed E-state index contributed by atoms with van der Waals surface area (Å²) in [4.78, 5) is 27.5. The Morgan fingerprint density at radius 1 is 1.22 bits per heavy atom. The van der Waals surface area contributed by atoms with Crippen LogP contribution in [0.15, 0.2) is 24.5 Å². The Labute approximate surface area is 138 Å². The highest BCUT2D eigenvalue weighted by molar-refractivity contribution is 7.15. The number of pyridine rings is 1. The zero-order valence-electron chi connectivity index (χ0n) is 12.9. The van der Waals surface area contributed by atoms with E-state index in [0.717, 1.165) is 23.4 Å². The minimum Gasteiger partial charge on any atom is -0.352 e. The fourth-order valence-corrected chi connectivity index (χ4v) is 2.68. The standard InChI is InChI=1S/C15H19N5O2S/c1-2-4-14-19-20-15(23-14)18-13(22)7-6-12(21)17-10-11-5-3-8-16-9-11/h3,5,8-9H,2,4,6-7,10H2,1H3,(H,17,21)(H,18,20,22). The van der Waals surface area contributed by atoms with Gasteiger partial charge in [0.15, 0.2) is 0 Å². The van der Waals surface area contributed by atoms with Gasteiger partial charge in [-0.1, -0.05) is 24.3 Å². The van der Waals surface area contributed by atoms with Gasteiger partial charge in [0.25, 0.3) is 0 Å². The first kappa shape index (κ1) is 17.0. The van der Waals surface area contributed by atoms with E-state index in [2.05, 4.69) is 32.7 Å². The highest BCUT2D eigenvalue weighted by Crippen LogP contribution is 2.16. The second-order valence-corrected chi connectivity index (χ2v) is 6.00. The number of carbonyl (C=O) groups is 2. The maximum absolute atomic E-state index is 11.8. The summed E-state index contributed by atoms with van der Waals surface area (Å²) in [6.45, 7) is 2.47. The van der Waals surface area contributed by atoms with Crippen LogP contribution in [0.4, 0.5) is 5.13 Å². The van der Waals surface area contributed by atoms with Crippen molar-refractivity contribution in [3.05, 3.63) is 35.1 Å². The predicted octanol–water partition coefficient (Wildman–Crippen LogP) is 1.92. The molecule has 122 valence electrons. The molecule has 2 heterocycles. The predicted molar refractivity (Wildman–Crippen MR) is 87.9 cm³/mol. The lowest BCUT2D eigenvalue weighted by molar-refractivity contribution is -0.124. The molecular weight excluding hydrogens is 314 g/mol. The first-order valence-corrected chi connectivity index (χ1v) is 8.27. The molecule has 8 heteroatoms. The Hall–Kier alpha value is -2.35. The fraction of sp³-hybridized carbons (Fsp3) is 0.400. The van der Waals surface area contributed by atoms with Crippen LogP contribution in [0.2, 0.25) is 0 Å². The van der Waals surface area contributed by atoms with Gasteiger partial charge in [-0.15, -0.1) is 10.2 Å². The quantitative estimate of drug-likeness (QED) is 0.769. The number of aromatic nitrogens is 3. The van der Waals surface area contributed by atoms with Gasteiger partial charge in [-0.3, -0.25) is 14.6 Å². The maximum Gasteiger partial charge on any atom is 0.226 e. The largest absolute Gasteiger partial charge is 0.352 e. The monoisotopic (exact) mass is 333 g/mol. The molecule has 0 unspecified atom stereocenters. The summed E-state index contributed by atoms with van der Waals surface area (Å²) in [6, 6.07) is 3.69. The molecule has 2 aromatic rings. The average Bonchev–Trinajstić information content (AvgIpc) is 2.99. The maximum atomic E-state index is 11.8. The number of carbonyl (C=O) groups excluding carboxylic acids is 2. The Kier molecular flexibility index (Phi) is 6.61. The fourth-order valence-electron chi connectivity index (χ4n) is 1.82. The Balaban J connectivity index is 1.68. The van der Waals surface area contributed by atoms with Gasteiger partial charge in [0.2, 0.25) is 16.9 Å². The lowest BCUT2D eigenvalue weighted by Gasteiger charge is -2.04. The normalized spacial score (nSPS) is 10.3. The van der Waals surface area contributed by atoms with E-state index in [4.69, 9.17) is 0 Å². The third-order valence-corrected chi connectivity index (χ3v) is 3.87. The molecule has 2 amide bonds. The number of hydrogen-bond donors (Lipinski definition) is 2. The summed E-state index contributed by atoms with van der Waals surface area (Å²) in [6.07, 6.45) is 5.45. The van der Waals surface area contributed by atoms with E-state index in [-0.39, 0.29) is 24.7 Å². The number of nitrogens with zero attached hydrogens (tertiary/aromatic N) is 3. The number of aryl methyl sites for hydroxylation is 1. The van der Waals surface area contributed by atoms with Crippen LogP contribution >= 0.6 is 11.3 Å². The molecule has 2 N–H and O–H groups in total. The number of rotatable bonds is 8. The van der Waals surface area contributed by atoms with Crippen LogP contribution in [0.25, 0.3) is 0 Å². The van der Waals surface area contributed by atoms with Gasteiger partial charge in [0.1, 0.15) is 5.01 Å². The number of nitrogens with one attached hydrogen (secondary N) is 2. The van der Waals surface area contributed by atoms with Crippen LogP contribution in [-0.4, -0.2) is 27.0 Å². The topological polar surface area (TPSA) is 96.9 Å². The van der Waals surface area contributed by atoms with Gasteiger partial charge in [0.05, 0.1) is 0 Å². The van der Waals surface area contributed by atoms with E-state index in [0.29, 0.717) is 11.7 Å². The second kappa shape index (κ2) is 8.94. The van der Waals surface area contributed by atoms with Gasteiger partial charge in [-0.2, -0.15) is 0 Å². The molecule has 0 saturated heterocycles. The van der Waals surface area contributed by atoms with Crippen molar-refractivity contribution in [3.63, 3.8) is 0 Å². The van der Waals surface area contributed by atoms with Gasteiger partial charge >= 0.3 is 0 Å². The highest BCUT2D eigenvalue weighted by atomic mass is 32.1. The van der Waals surface area contributed by atoms with Gasteiger partial charge in [0, 0.05) is 38.2 Å². The van der Waals surface area contributed by atoms with Crippen LogP contribution in [0, 0.1) is 0 Å². The van der Waals surface area contributed by atoms with Crippen molar-refractivity contribution in [2.75, 3.05) is 5.32 Å². The molecule has 7 nitrogen and oxygen atoms in total. The molecule has 0 radical (unpaired) electrons. The molecule has 0 aliphatic rings. The van der Waals surface area contributed by atoms with Crippen molar-refractivity contribution in [3.8, 4) is 0 Å². The number of hydrogen-bond acceptors (Lipinski definition) is 6. The van der Waals surface area contributed by atoms with Crippen LogP contribution in [0.1, 0.15) is 36.8 Å². The third-order valence-electron chi connectivity index (χ3n) is 2.97. The summed E-state index contributed by atoms with van der Waals surface area (Å²) >= 11 is 1.37. The van der Waals surface area contributed by atoms with E-state index >= 15 is 0 Å². The van der Waals surface area contributed by atoms with E-state index in [1.165, 1.54) is 11.3 Å². The molecule has 0 aliphatic heterocycles. The van der Waals surface area contributed by atoms with Crippen molar-refractivity contribution in [2.24, 2.45) is 0 Å². The third kappa shape index (κ3) is 6.11. The Morgan fingerprint density at radius 3 is 2.78 bits per heavy atom. The summed E-state index contributed by atoms with van der Waals surface area (Å²) < 4.78 is 0. The molecule has 0 atom stereocenters. The first-order valence-electron chi connectivity index (χ1n) is 7.45. The molecule has 0 bridgehead atoms. The lowest BCUT2D eigenvalue weighted by atomic mass is 10.2. The van der Waals surface area contributed by atoms with Gasteiger partial charge < -0.3 is 10.6 Å². The van der Waals surface area contributed by atoms with E-state index in [9.17, 15) is 9.59 Å². The van der Waals surface area contributed by atoms with Crippen molar-refractivity contribution < 1.29 is 9.59 Å². The molecular formula is C15H19N5O2S. The highest BCUT2D eigenvalue weighted by Gasteiger charge is 2.10. The zero-order valence-corrected chi connectivity index (χ0v) is 13.7. The van der Waals surface area contributed by atoms with Crippen molar-refractivity contribution >= 4 is 28.3 Å². The molecule has 0 saturated carbocycles. The first-order chi connectivity index (χ1) is 11.2. The van der Waals surface area contributed by atoms with Gasteiger partial charge in [-0.05, 0) is 18.1 Å². The smallest absolute Gasteiger partial charge is 0.226 e.